The molecule has 0 heterocycles. The Morgan fingerprint density at radius 3 is 2.29 bits per heavy atom. The summed E-state index contributed by atoms with van der Waals surface area (Å²) in [6, 6.07) is 8.33. The van der Waals surface area contributed by atoms with E-state index in [0.717, 1.165) is 5.56 Å². The van der Waals surface area contributed by atoms with Crippen LogP contribution in [0.3, 0.4) is 0 Å². The third-order valence-electron chi connectivity index (χ3n) is 3.49. The number of carbonyl (C=O) groups is 1. The molecule has 0 aliphatic carbocycles. The van der Waals surface area contributed by atoms with Crippen molar-refractivity contribution in [2.24, 2.45) is 11.7 Å². The van der Waals surface area contributed by atoms with Crippen molar-refractivity contribution in [1.82, 2.24) is 10.2 Å². The van der Waals surface area contributed by atoms with Gasteiger partial charge in [0.1, 0.15) is 0 Å². The van der Waals surface area contributed by atoms with Gasteiger partial charge in [0.2, 0.25) is 5.91 Å². The molecule has 118 valence electrons. The van der Waals surface area contributed by atoms with E-state index in [4.69, 9.17) is 5.73 Å². The summed E-state index contributed by atoms with van der Waals surface area (Å²) in [6.07, 6.45) is 0. The van der Waals surface area contributed by atoms with E-state index in [-0.39, 0.29) is 18.0 Å². The van der Waals surface area contributed by atoms with E-state index >= 15 is 0 Å². The Labute approximate surface area is 128 Å². The van der Waals surface area contributed by atoms with Crippen LogP contribution in [-0.2, 0) is 4.79 Å². The van der Waals surface area contributed by atoms with Crippen molar-refractivity contribution in [2.75, 3.05) is 20.1 Å². The molecule has 4 heteroatoms. The van der Waals surface area contributed by atoms with Gasteiger partial charge in [-0.2, -0.15) is 0 Å². The summed E-state index contributed by atoms with van der Waals surface area (Å²) in [5.41, 5.74) is 8.50. The Morgan fingerprint density at radius 1 is 1.24 bits per heavy atom. The molecule has 2 atom stereocenters. The van der Waals surface area contributed by atoms with Gasteiger partial charge < -0.3 is 11.1 Å². The molecular weight excluding hydrogens is 262 g/mol. The molecule has 1 aromatic carbocycles. The van der Waals surface area contributed by atoms with Crippen molar-refractivity contribution in [3.8, 4) is 0 Å². The van der Waals surface area contributed by atoms with Crippen molar-refractivity contribution >= 4 is 5.91 Å². The Bertz CT molecular complexity index is 440. The lowest BCUT2D eigenvalue weighted by molar-refractivity contribution is -0.122. The minimum Gasteiger partial charge on any atom is -0.355 e. The smallest absolute Gasteiger partial charge is 0.234 e. The van der Waals surface area contributed by atoms with E-state index in [1.54, 1.807) is 0 Å². The molecule has 0 radical (unpaired) electrons. The summed E-state index contributed by atoms with van der Waals surface area (Å²) in [5.74, 6) is 0.504. The number of aryl methyl sites for hydroxylation is 1. The Hall–Kier alpha value is -1.39. The van der Waals surface area contributed by atoms with Crippen LogP contribution >= 0.6 is 0 Å². The molecule has 21 heavy (non-hydrogen) atoms. The quantitative estimate of drug-likeness (QED) is 0.809. The van der Waals surface area contributed by atoms with Gasteiger partial charge >= 0.3 is 0 Å². The second-order valence-electron chi connectivity index (χ2n) is 6.33. The third-order valence-corrected chi connectivity index (χ3v) is 3.49. The van der Waals surface area contributed by atoms with Gasteiger partial charge in [-0.05, 0) is 32.4 Å². The van der Waals surface area contributed by atoms with Crippen LogP contribution in [0.25, 0.3) is 0 Å². The van der Waals surface area contributed by atoms with Gasteiger partial charge in [-0.25, -0.2) is 0 Å². The summed E-state index contributed by atoms with van der Waals surface area (Å²) >= 11 is 0. The standard InChI is InChI=1S/C17H29N3O/c1-12(2)10-19-16(21)11-20(5)17(14(4)18)15-8-6-13(3)7-9-15/h6-9,12,14,17H,10-11,18H2,1-5H3,(H,19,21). The van der Waals surface area contributed by atoms with Crippen molar-refractivity contribution in [3.05, 3.63) is 35.4 Å². The van der Waals surface area contributed by atoms with E-state index in [1.165, 1.54) is 5.56 Å². The molecule has 0 saturated carbocycles. The van der Waals surface area contributed by atoms with Gasteiger partial charge in [-0.15, -0.1) is 0 Å². The highest BCUT2D eigenvalue weighted by molar-refractivity contribution is 5.78. The van der Waals surface area contributed by atoms with Gasteiger partial charge in [0, 0.05) is 18.6 Å². The number of nitrogens with two attached hydrogens (primary N) is 1. The van der Waals surface area contributed by atoms with Crippen LogP contribution in [-0.4, -0.2) is 37.0 Å². The maximum atomic E-state index is 12.0. The second kappa shape index (κ2) is 8.15. The minimum atomic E-state index is -0.0457. The predicted molar refractivity (Wildman–Crippen MR) is 88.0 cm³/mol. The minimum absolute atomic E-state index is 0.0374. The number of nitrogens with one attached hydrogen (secondary N) is 1. The van der Waals surface area contributed by atoms with Crippen molar-refractivity contribution in [1.29, 1.82) is 0 Å². The molecule has 0 aromatic heterocycles. The Balaban J connectivity index is 2.72. The first kappa shape index (κ1) is 17.7. The number of hydrogen-bond acceptors (Lipinski definition) is 3. The van der Waals surface area contributed by atoms with Gasteiger partial charge in [-0.1, -0.05) is 43.7 Å². The summed E-state index contributed by atoms with van der Waals surface area (Å²) < 4.78 is 0. The van der Waals surface area contributed by atoms with Crippen molar-refractivity contribution < 1.29 is 4.79 Å². The molecule has 0 aliphatic rings. The first-order valence-corrected chi connectivity index (χ1v) is 7.60. The summed E-state index contributed by atoms with van der Waals surface area (Å²) in [4.78, 5) is 14.0. The molecule has 0 fully saturated rings. The molecule has 0 saturated heterocycles. The molecule has 2 unspecified atom stereocenters. The molecule has 1 rings (SSSR count). The lowest BCUT2D eigenvalue weighted by Gasteiger charge is -2.31. The van der Waals surface area contributed by atoms with E-state index in [1.807, 2.05) is 18.9 Å². The van der Waals surface area contributed by atoms with Crippen LogP contribution in [0.5, 0.6) is 0 Å². The first-order chi connectivity index (χ1) is 9.81. The van der Waals surface area contributed by atoms with Crippen LogP contribution in [0.1, 0.15) is 37.9 Å². The SMILES string of the molecule is Cc1ccc(C(C(C)N)N(C)CC(=O)NCC(C)C)cc1. The van der Waals surface area contributed by atoms with Crippen LogP contribution in [0.15, 0.2) is 24.3 Å². The molecule has 3 N–H and O–H groups in total. The summed E-state index contributed by atoms with van der Waals surface area (Å²) in [6.45, 7) is 9.27. The normalized spacial score (nSPS) is 14.3. The molecule has 1 amide bonds. The zero-order valence-corrected chi connectivity index (χ0v) is 13.9. The van der Waals surface area contributed by atoms with Crippen LogP contribution < -0.4 is 11.1 Å². The van der Waals surface area contributed by atoms with Gasteiger partial charge in [0.15, 0.2) is 0 Å². The van der Waals surface area contributed by atoms with E-state index in [0.29, 0.717) is 19.0 Å². The van der Waals surface area contributed by atoms with Crippen LogP contribution in [0.4, 0.5) is 0 Å². The van der Waals surface area contributed by atoms with Gasteiger partial charge in [0.25, 0.3) is 0 Å². The highest BCUT2D eigenvalue weighted by atomic mass is 16.2. The zero-order valence-electron chi connectivity index (χ0n) is 13.9. The fraction of sp³-hybridized carbons (Fsp3) is 0.588. The highest BCUT2D eigenvalue weighted by Crippen LogP contribution is 2.22. The summed E-state index contributed by atoms with van der Waals surface area (Å²) in [7, 11) is 1.95. The third kappa shape index (κ3) is 5.86. The number of hydrogen-bond donors (Lipinski definition) is 2. The highest BCUT2D eigenvalue weighted by Gasteiger charge is 2.22. The second-order valence-corrected chi connectivity index (χ2v) is 6.33. The maximum Gasteiger partial charge on any atom is 0.234 e. The molecule has 0 bridgehead atoms. The number of carbonyl (C=O) groups excluding carboxylic acids is 1. The number of likely N-dealkylation sites (N-methyl/N-ethyl adjacent to an activating group) is 1. The molecule has 4 nitrogen and oxygen atoms in total. The van der Waals surface area contributed by atoms with Gasteiger partial charge in [-0.3, -0.25) is 9.69 Å². The monoisotopic (exact) mass is 291 g/mol. The van der Waals surface area contributed by atoms with E-state index in [9.17, 15) is 4.79 Å². The van der Waals surface area contributed by atoms with Crippen molar-refractivity contribution in [3.63, 3.8) is 0 Å². The van der Waals surface area contributed by atoms with E-state index < -0.39 is 0 Å². The first-order valence-electron chi connectivity index (χ1n) is 7.60. The fourth-order valence-electron chi connectivity index (χ4n) is 2.42. The summed E-state index contributed by atoms with van der Waals surface area (Å²) in [5, 5.41) is 2.95. The van der Waals surface area contributed by atoms with E-state index in [2.05, 4.69) is 50.4 Å². The Morgan fingerprint density at radius 2 is 1.81 bits per heavy atom. The average molecular weight is 291 g/mol. The average Bonchev–Trinajstić information content (AvgIpc) is 2.38. The maximum absolute atomic E-state index is 12.0. The van der Waals surface area contributed by atoms with Crippen molar-refractivity contribution in [2.45, 2.75) is 39.8 Å². The topological polar surface area (TPSA) is 58.4 Å². The lowest BCUT2D eigenvalue weighted by atomic mass is 9.98. The number of rotatable bonds is 7. The zero-order chi connectivity index (χ0) is 16.0. The molecular formula is C17H29N3O. The van der Waals surface area contributed by atoms with Crippen LogP contribution in [0, 0.1) is 12.8 Å². The molecule has 0 aliphatic heterocycles. The lowest BCUT2D eigenvalue weighted by Crippen LogP contribution is -2.43. The number of nitrogens with zero attached hydrogens (tertiary/aromatic N) is 1. The predicted octanol–water partition coefficient (Wildman–Crippen LogP) is 2.09. The Kier molecular flexibility index (Phi) is 6.85. The largest absolute Gasteiger partial charge is 0.355 e. The fourth-order valence-corrected chi connectivity index (χ4v) is 2.42. The number of benzene rings is 1. The van der Waals surface area contributed by atoms with Crippen LogP contribution in [0.2, 0.25) is 0 Å². The molecule has 1 aromatic rings. The van der Waals surface area contributed by atoms with Gasteiger partial charge in [0.05, 0.1) is 6.54 Å². The molecule has 0 spiro atoms. The number of amides is 1.